The fraction of sp³-hybridized carbons (Fsp3) is 0.706. The number of anilines is 1. The molecule has 1 fully saturated rings. The zero-order chi connectivity index (χ0) is 14.7. The van der Waals surface area contributed by atoms with Crippen LogP contribution in [-0.4, -0.2) is 24.6 Å². The first kappa shape index (κ1) is 15.3. The van der Waals surface area contributed by atoms with Gasteiger partial charge in [-0.05, 0) is 63.3 Å². The van der Waals surface area contributed by atoms with E-state index >= 15 is 0 Å². The summed E-state index contributed by atoms with van der Waals surface area (Å²) < 4.78 is 0. The molecule has 1 heterocycles. The first-order chi connectivity index (χ1) is 9.51. The van der Waals surface area contributed by atoms with Gasteiger partial charge in [0.2, 0.25) is 0 Å². The van der Waals surface area contributed by atoms with Crippen LogP contribution in [0.15, 0.2) is 12.1 Å². The molecule has 112 valence electrons. The predicted molar refractivity (Wildman–Crippen MR) is 86.3 cm³/mol. The lowest BCUT2D eigenvalue weighted by Gasteiger charge is -2.29. The summed E-state index contributed by atoms with van der Waals surface area (Å²) in [6.45, 7) is 11.0. The molecular formula is C17H29N3. The molecule has 0 amide bonds. The lowest BCUT2D eigenvalue weighted by molar-refractivity contribution is 0.632. The highest BCUT2D eigenvalue weighted by Crippen LogP contribution is 2.32. The average molecular weight is 275 g/mol. The molecule has 0 atom stereocenters. The van der Waals surface area contributed by atoms with Crippen LogP contribution in [-0.2, 0) is 6.54 Å². The van der Waals surface area contributed by atoms with Crippen molar-refractivity contribution in [3.8, 4) is 0 Å². The van der Waals surface area contributed by atoms with Gasteiger partial charge < -0.3 is 10.2 Å². The van der Waals surface area contributed by atoms with E-state index in [4.69, 9.17) is 4.98 Å². The molecule has 0 aliphatic heterocycles. The Morgan fingerprint density at radius 3 is 2.45 bits per heavy atom. The van der Waals surface area contributed by atoms with Gasteiger partial charge in [0, 0.05) is 24.8 Å². The van der Waals surface area contributed by atoms with Crippen LogP contribution in [0.4, 0.5) is 5.82 Å². The lowest BCUT2D eigenvalue weighted by atomic mass is 10.1. The maximum atomic E-state index is 4.92. The van der Waals surface area contributed by atoms with Crippen molar-refractivity contribution in [2.45, 2.75) is 59.0 Å². The van der Waals surface area contributed by atoms with Crippen molar-refractivity contribution in [3.05, 3.63) is 23.4 Å². The van der Waals surface area contributed by atoms with Crippen LogP contribution in [0, 0.1) is 5.92 Å². The second-order valence-corrected chi connectivity index (χ2v) is 6.63. The molecule has 3 heteroatoms. The van der Waals surface area contributed by atoms with Gasteiger partial charge in [0.1, 0.15) is 5.82 Å². The van der Waals surface area contributed by atoms with Crippen LogP contribution in [0.3, 0.4) is 0 Å². The van der Waals surface area contributed by atoms with E-state index in [0.717, 1.165) is 24.8 Å². The van der Waals surface area contributed by atoms with Crippen molar-refractivity contribution in [3.63, 3.8) is 0 Å². The van der Waals surface area contributed by atoms with Gasteiger partial charge in [-0.1, -0.05) is 13.8 Å². The summed E-state index contributed by atoms with van der Waals surface area (Å²) in [5.74, 6) is 2.51. The van der Waals surface area contributed by atoms with Crippen molar-refractivity contribution in [1.29, 1.82) is 0 Å². The van der Waals surface area contributed by atoms with E-state index in [9.17, 15) is 0 Å². The maximum Gasteiger partial charge on any atom is 0.129 e. The van der Waals surface area contributed by atoms with Crippen LogP contribution < -0.4 is 10.2 Å². The Morgan fingerprint density at radius 1 is 1.25 bits per heavy atom. The van der Waals surface area contributed by atoms with E-state index in [1.54, 1.807) is 0 Å². The molecule has 1 aromatic rings. The van der Waals surface area contributed by atoms with Crippen LogP contribution >= 0.6 is 0 Å². The number of pyridine rings is 1. The third-order valence-electron chi connectivity index (χ3n) is 3.93. The molecule has 3 nitrogen and oxygen atoms in total. The Hall–Kier alpha value is -1.09. The van der Waals surface area contributed by atoms with Crippen molar-refractivity contribution in [2.75, 3.05) is 18.5 Å². The van der Waals surface area contributed by atoms with Gasteiger partial charge in [0.15, 0.2) is 0 Å². The lowest BCUT2D eigenvalue weighted by Crippen LogP contribution is -2.33. The van der Waals surface area contributed by atoms with E-state index in [0.29, 0.717) is 12.0 Å². The Kier molecular flexibility index (Phi) is 5.03. The molecule has 0 unspecified atom stereocenters. The minimum absolute atomic E-state index is 0.473. The summed E-state index contributed by atoms with van der Waals surface area (Å²) in [6.07, 6.45) is 2.77. The Labute approximate surface area is 123 Å². The minimum atomic E-state index is 0.473. The zero-order valence-corrected chi connectivity index (χ0v) is 13.6. The largest absolute Gasteiger partial charge is 0.354 e. The molecule has 1 N–H and O–H groups in total. The molecule has 1 aromatic heterocycles. The minimum Gasteiger partial charge on any atom is -0.354 e. The van der Waals surface area contributed by atoms with E-state index in [2.05, 4.69) is 50.0 Å². The number of aromatic nitrogens is 1. The molecule has 0 aromatic carbocycles. The van der Waals surface area contributed by atoms with Crippen molar-refractivity contribution < 1.29 is 0 Å². The normalized spacial score (nSPS) is 15.2. The van der Waals surface area contributed by atoms with Crippen LogP contribution in [0.25, 0.3) is 0 Å². The smallest absolute Gasteiger partial charge is 0.129 e. The topological polar surface area (TPSA) is 28.2 Å². The van der Waals surface area contributed by atoms with E-state index in [-0.39, 0.29) is 0 Å². The first-order valence-electron chi connectivity index (χ1n) is 7.93. The van der Waals surface area contributed by atoms with Crippen molar-refractivity contribution >= 4 is 5.82 Å². The third-order valence-corrected chi connectivity index (χ3v) is 3.93. The molecule has 1 saturated carbocycles. The molecule has 0 saturated heterocycles. The Bertz CT molecular complexity index is 436. The highest BCUT2D eigenvalue weighted by Gasteiger charge is 2.26. The molecule has 20 heavy (non-hydrogen) atoms. The summed E-state index contributed by atoms with van der Waals surface area (Å²) in [5.41, 5.74) is 2.54. The Balaban J connectivity index is 2.30. The van der Waals surface area contributed by atoms with E-state index < -0.39 is 0 Å². The molecule has 0 radical (unpaired) electrons. The standard InChI is InChI=1S/C17H29N3/c1-12(2)16-8-15(10-18-5)9-17(19-16)20(13(3)4)11-14-6-7-14/h8-9,12-14,18H,6-7,10-11H2,1-5H3. The fourth-order valence-corrected chi connectivity index (χ4v) is 2.49. The first-order valence-corrected chi connectivity index (χ1v) is 7.93. The number of nitrogens with one attached hydrogen (secondary N) is 1. The maximum absolute atomic E-state index is 4.92. The second kappa shape index (κ2) is 6.57. The number of rotatable bonds is 7. The molecule has 0 spiro atoms. The van der Waals surface area contributed by atoms with Crippen LogP contribution in [0.1, 0.15) is 57.7 Å². The van der Waals surface area contributed by atoms with Gasteiger partial charge in [0.25, 0.3) is 0 Å². The van der Waals surface area contributed by atoms with Gasteiger partial charge in [-0.3, -0.25) is 0 Å². The van der Waals surface area contributed by atoms with Crippen molar-refractivity contribution in [1.82, 2.24) is 10.3 Å². The fourth-order valence-electron chi connectivity index (χ4n) is 2.49. The van der Waals surface area contributed by atoms with Crippen molar-refractivity contribution in [2.24, 2.45) is 5.92 Å². The molecule has 1 aliphatic rings. The zero-order valence-electron chi connectivity index (χ0n) is 13.6. The summed E-state index contributed by atoms with van der Waals surface area (Å²) in [4.78, 5) is 7.39. The van der Waals surface area contributed by atoms with E-state index in [1.165, 1.54) is 24.1 Å². The summed E-state index contributed by atoms with van der Waals surface area (Å²) >= 11 is 0. The summed E-state index contributed by atoms with van der Waals surface area (Å²) in [6, 6.07) is 5.00. The monoisotopic (exact) mass is 275 g/mol. The molecular weight excluding hydrogens is 246 g/mol. The average Bonchev–Trinajstić information content (AvgIpc) is 3.19. The van der Waals surface area contributed by atoms with Gasteiger partial charge in [-0.25, -0.2) is 4.98 Å². The van der Waals surface area contributed by atoms with Gasteiger partial charge in [0.05, 0.1) is 0 Å². The predicted octanol–water partition coefficient (Wildman–Crippen LogP) is 3.55. The molecule has 1 aliphatic carbocycles. The number of hydrogen-bond donors (Lipinski definition) is 1. The van der Waals surface area contributed by atoms with Gasteiger partial charge in [-0.2, -0.15) is 0 Å². The quantitative estimate of drug-likeness (QED) is 0.825. The highest BCUT2D eigenvalue weighted by atomic mass is 15.2. The third kappa shape index (κ3) is 3.95. The van der Waals surface area contributed by atoms with Crippen LogP contribution in [0.2, 0.25) is 0 Å². The second-order valence-electron chi connectivity index (χ2n) is 6.63. The van der Waals surface area contributed by atoms with Gasteiger partial charge >= 0.3 is 0 Å². The number of hydrogen-bond acceptors (Lipinski definition) is 3. The van der Waals surface area contributed by atoms with Crippen LogP contribution in [0.5, 0.6) is 0 Å². The Morgan fingerprint density at radius 2 is 1.95 bits per heavy atom. The molecule has 0 bridgehead atoms. The van der Waals surface area contributed by atoms with Gasteiger partial charge in [-0.15, -0.1) is 0 Å². The highest BCUT2D eigenvalue weighted by molar-refractivity contribution is 5.44. The SMILES string of the molecule is CNCc1cc(C(C)C)nc(N(CC2CC2)C(C)C)c1. The molecule has 2 rings (SSSR count). The summed E-state index contributed by atoms with van der Waals surface area (Å²) in [5, 5.41) is 3.25. The number of nitrogens with zero attached hydrogens (tertiary/aromatic N) is 2. The van der Waals surface area contributed by atoms with E-state index in [1.807, 2.05) is 7.05 Å². The summed E-state index contributed by atoms with van der Waals surface area (Å²) in [7, 11) is 2.00.